The number of carbonyl (C=O) groups is 2. The van der Waals surface area contributed by atoms with E-state index in [4.69, 9.17) is 9.97 Å². The smallest absolute Gasteiger partial charge is 0.261 e. The lowest BCUT2D eigenvalue weighted by Gasteiger charge is -2.29. The standard InChI is InChI=1S/C25H19N7O2S/c1-13-26-10-14-12-31(7-8-32(13)14)25-28-18-5-3-2-4-16(18)21(29-25)20-19(22(33)30-23(20)34)17-11-27-24-15(17)6-9-35-24/h2-6,9-11,27H,7-8,12H2,1H3,(H,30,33,34). The maximum atomic E-state index is 13.2. The van der Waals surface area contributed by atoms with Crippen LogP contribution in [-0.4, -0.2) is 42.9 Å². The molecule has 172 valence electrons. The summed E-state index contributed by atoms with van der Waals surface area (Å²) < 4.78 is 2.19. The molecule has 4 aromatic heterocycles. The van der Waals surface area contributed by atoms with Crippen molar-refractivity contribution >= 4 is 61.4 Å². The number of nitrogens with one attached hydrogen (secondary N) is 2. The van der Waals surface area contributed by atoms with Crippen LogP contribution in [-0.2, 0) is 22.7 Å². The van der Waals surface area contributed by atoms with Crippen LogP contribution < -0.4 is 10.2 Å². The molecule has 6 heterocycles. The van der Waals surface area contributed by atoms with E-state index >= 15 is 0 Å². The van der Waals surface area contributed by atoms with Gasteiger partial charge in [0, 0.05) is 35.6 Å². The number of imide groups is 1. The Bertz CT molecular complexity index is 1720. The van der Waals surface area contributed by atoms with Gasteiger partial charge in [-0.2, -0.15) is 0 Å². The fourth-order valence-electron chi connectivity index (χ4n) is 5.00. The maximum absolute atomic E-state index is 13.2. The summed E-state index contributed by atoms with van der Waals surface area (Å²) in [4.78, 5) is 46.6. The van der Waals surface area contributed by atoms with Gasteiger partial charge in [-0.05, 0) is 24.4 Å². The first-order chi connectivity index (χ1) is 17.1. The predicted octanol–water partition coefficient (Wildman–Crippen LogP) is 3.26. The topological polar surface area (TPSA) is 109 Å². The lowest BCUT2D eigenvalue weighted by molar-refractivity contribution is -0.122. The number of hydrogen-bond donors (Lipinski definition) is 2. The van der Waals surface area contributed by atoms with E-state index < -0.39 is 11.8 Å². The summed E-state index contributed by atoms with van der Waals surface area (Å²) in [5, 5.41) is 6.08. The molecule has 0 radical (unpaired) electrons. The molecule has 9 nitrogen and oxygen atoms in total. The van der Waals surface area contributed by atoms with Gasteiger partial charge in [-0.15, -0.1) is 11.3 Å². The third-order valence-electron chi connectivity index (χ3n) is 6.70. The maximum Gasteiger partial charge on any atom is 0.261 e. The molecule has 2 N–H and O–H groups in total. The molecule has 0 aliphatic carbocycles. The number of amides is 2. The van der Waals surface area contributed by atoms with E-state index in [1.807, 2.05) is 48.8 Å². The van der Waals surface area contributed by atoms with Crippen LogP contribution in [0.2, 0.25) is 0 Å². The average molecular weight is 482 g/mol. The van der Waals surface area contributed by atoms with Crippen molar-refractivity contribution in [2.24, 2.45) is 0 Å². The number of aromatic amines is 1. The van der Waals surface area contributed by atoms with Crippen LogP contribution in [0.5, 0.6) is 0 Å². The zero-order chi connectivity index (χ0) is 23.7. The minimum atomic E-state index is -0.447. The van der Waals surface area contributed by atoms with Crippen LogP contribution >= 0.6 is 11.3 Å². The number of para-hydroxylation sites is 1. The Morgan fingerprint density at radius 1 is 1.00 bits per heavy atom. The second-order valence-electron chi connectivity index (χ2n) is 8.66. The molecule has 0 saturated carbocycles. The minimum Gasteiger partial charge on any atom is -0.352 e. The van der Waals surface area contributed by atoms with Crippen molar-refractivity contribution in [3.63, 3.8) is 0 Å². The van der Waals surface area contributed by atoms with Crippen molar-refractivity contribution in [3.05, 3.63) is 70.9 Å². The van der Waals surface area contributed by atoms with Crippen LogP contribution in [0.25, 0.3) is 32.3 Å². The largest absolute Gasteiger partial charge is 0.352 e. The van der Waals surface area contributed by atoms with Crippen LogP contribution in [0, 0.1) is 6.92 Å². The summed E-state index contributed by atoms with van der Waals surface area (Å²) in [5.41, 5.74) is 3.58. The third-order valence-corrected chi connectivity index (χ3v) is 7.54. The molecule has 2 aliphatic heterocycles. The normalized spacial score (nSPS) is 16.0. The monoisotopic (exact) mass is 481 g/mol. The molecule has 5 aromatic rings. The summed E-state index contributed by atoms with van der Waals surface area (Å²) in [6.45, 7) is 4.10. The first-order valence-corrected chi connectivity index (χ1v) is 12.1. The van der Waals surface area contributed by atoms with Gasteiger partial charge in [-0.25, -0.2) is 15.0 Å². The van der Waals surface area contributed by atoms with E-state index in [-0.39, 0.29) is 5.57 Å². The molecular formula is C25H19N7O2S. The van der Waals surface area contributed by atoms with E-state index in [9.17, 15) is 9.59 Å². The number of thiophene rings is 1. The summed E-state index contributed by atoms with van der Waals surface area (Å²) in [7, 11) is 0. The van der Waals surface area contributed by atoms with Crippen LogP contribution in [0.4, 0.5) is 5.95 Å². The lowest BCUT2D eigenvalue weighted by Crippen LogP contribution is -2.35. The van der Waals surface area contributed by atoms with Gasteiger partial charge in [0.1, 0.15) is 10.7 Å². The van der Waals surface area contributed by atoms with Gasteiger partial charge < -0.3 is 14.5 Å². The Labute approximate surface area is 203 Å². The zero-order valence-electron chi connectivity index (χ0n) is 18.7. The first kappa shape index (κ1) is 20.1. The number of aromatic nitrogens is 5. The average Bonchev–Trinajstić information content (AvgIpc) is 3.63. The fraction of sp³-hybridized carbons (Fsp3) is 0.160. The lowest BCUT2D eigenvalue weighted by atomic mass is 9.97. The summed E-state index contributed by atoms with van der Waals surface area (Å²) in [6.07, 6.45) is 3.66. The fourth-order valence-corrected chi connectivity index (χ4v) is 5.77. The molecular weight excluding hydrogens is 462 g/mol. The SMILES string of the molecule is Cc1ncc2n1CCN(c1nc(C3=C(c4c[nH]c5sccc45)C(=O)NC3=O)c3ccccc3n1)C2. The highest BCUT2D eigenvalue weighted by molar-refractivity contribution is 7.16. The highest BCUT2D eigenvalue weighted by Crippen LogP contribution is 2.38. The quantitative estimate of drug-likeness (QED) is 0.383. The number of hydrogen-bond acceptors (Lipinski definition) is 7. The molecule has 0 spiro atoms. The number of nitrogens with zero attached hydrogens (tertiary/aromatic N) is 5. The Morgan fingerprint density at radius 2 is 1.86 bits per heavy atom. The second-order valence-corrected chi connectivity index (χ2v) is 9.57. The van der Waals surface area contributed by atoms with E-state index in [1.54, 1.807) is 17.5 Å². The number of benzene rings is 1. The number of H-pyrrole nitrogens is 1. The van der Waals surface area contributed by atoms with Gasteiger partial charge in [0.2, 0.25) is 5.95 Å². The highest BCUT2D eigenvalue weighted by atomic mass is 32.1. The highest BCUT2D eigenvalue weighted by Gasteiger charge is 2.36. The summed E-state index contributed by atoms with van der Waals surface area (Å²) in [5.74, 6) is 0.648. The number of rotatable bonds is 3. The Balaban J connectivity index is 1.45. The second kappa shape index (κ2) is 7.34. The molecule has 2 amide bonds. The van der Waals surface area contributed by atoms with Crippen LogP contribution in [0.15, 0.2) is 48.1 Å². The Morgan fingerprint density at radius 3 is 2.77 bits per heavy atom. The molecule has 0 saturated heterocycles. The molecule has 35 heavy (non-hydrogen) atoms. The Kier molecular flexibility index (Phi) is 4.22. The van der Waals surface area contributed by atoms with E-state index in [2.05, 4.69) is 24.8 Å². The van der Waals surface area contributed by atoms with E-state index in [0.29, 0.717) is 35.9 Å². The number of imidazole rings is 1. The molecule has 7 rings (SSSR count). The van der Waals surface area contributed by atoms with Gasteiger partial charge in [-0.3, -0.25) is 14.9 Å². The summed E-state index contributed by atoms with van der Waals surface area (Å²) >= 11 is 1.55. The van der Waals surface area contributed by atoms with Gasteiger partial charge in [0.05, 0.1) is 40.8 Å². The Hall–Kier alpha value is -4.31. The minimum absolute atomic E-state index is 0.278. The van der Waals surface area contributed by atoms with E-state index in [0.717, 1.165) is 39.2 Å². The van der Waals surface area contributed by atoms with Crippen molar-refractivity contribution in [1.82, 2.24) is 29.8 Å². The molecule has 0 fully saturated rings. The van der Waals surface area contributed by atoms with Crippen molar-refractivity contribution in [2.45, 2.75) is 20.0 Å². The third kappa shape index (κ3) is 2.96. The molecule has 0 unspecified atom stereocenters. The molecule has 1 aromatic carbocycles. The van der Waals surface area contributed by atoms with Crippen molar-refractivity contribution in [2.75, 3.05) is 11.4 Å². The van der Waals surface area contributed by atoms with Crippen LogP contribution in [0.3, 0.4) is 0 Å². The van der Waals surface area contributed by atoms with Crippen molar-refractivity contribution in [1.29, 1.82) is 0 Å². The van der Waals surface area contributed by atoms with Crippen molar-refractivity contribution < 1.29 is 9.59 Å². The summed E-state index contributed by atoms with van der Waals surface area (Å²) in [6, 6.07) is 9.55. The van der Waals surface area contributed by atoms with Crippen LogP contribution in [0.1, 0.15) is 22.8 Å². The predicted molar refractivity (Wildman–Crippen MR) is 134 cm³/mol. The number of fused-ring (bicyclic) bond motifs is 3. The van der Waals surface area contributed by atoms with Gasteiger partial charge in [-0.1, -0.05) is 18.2 Å². The number of carbonyl (C=O) groups excluding carboxylic acids is 2. The van der Waals surface area contributed by atoms with Gasteiger partial charge in [0.15, 0.2) is 0 Å². The van der Waals surface area contributed by atoms with Gasteiger partial charge >= 0.3 is 0 Å². The van der Waals surface area contributed by atoms with E-state index in [1.165, 1.54) is 0 Å². The molecule has 10 heteroatoms. The number of anilines is 1. The van der Waals surface area contributed by atoms with Gasteiger partial charge in [0.25, 0.3) is 11.8 Å². The molecule has 0 atom stereocenters. The number of aryl methyl sites for hydroxylation is 1. The molecule has 0 bridgehead atoms. The first-order valence-electron chi connectivity index (χ1n) is 11.3. The van der Waals surface area contributed by atoms with Crippen molar-refractivity contribution in [3.8, 4) is 0 Å². The zero-order valence-corrected chi connectivity index (χ0v) is 19.5. The molecule has 2 aliphatic rings.